The Balaban J connectivity index is 1.84. The number of allylic oxidation sites excluding steroid dienone is 1. The van der Waals surface area contributed by atoms with Crippen LogP contribution in [0.3, 0.4) is 0 Å². The van der Waals surface area contributed by atoms with Crippen molar-refractivity contribution in [2.75, 3.05) is 6.61 Å². The maximum Gasteiger partial charge on any atom is 0.341 e. The maximum atomic E-state index is 12.4. The number of carboxylic acid groups (broad SMARTS) is 1. The first-order valence-electron chi connectivity index (χ1n) is 9.56. The van der Waals surface area contributed by atoms with Crippen LogP contribution in [0.1, 0.15) is 23.6 Å². The van der Waals surface area contributed by atoms with Crippen molar-refractivity contribution in [1.82, 2.24) is 5.32 Å². The molecule has 1 amide bonds. The molecule has 8 heteroatoms. The molecule has 0 radical (unpaired) electrons. The first kappa shape index (κ1) is 22.8. The molecule has 3 rings (SSSR count). The van der Waals surface area contributed by atoms with Gasteiger partial charge in [0.1, 0.15) is 5.75 Å². The summed E-state index contributed by atoms with van der Waals surface area (Å²) in [6.07, 6.45) is 4.92. The number of nitrogens with zero attached hydrogens (tertiary/aromatic N) is 1. The molecular formula is C23H21BrN2O4S. The number of rotatable bonds is 8. The Labute approximate surface area is 193 Å². The number of amidine groups is 1. The van der Waals surface area contributed by atoms with Gasteiger partial charge in [0.2, 0.25) is 0 Å². The number of carbonyl (C=O) groups is 2. The van der Waals surface area contributed by atoms with Crippen molar-refractivity contribution < 1.29 is 19.4 Å². The molecule has 1 aliphatic heterocycles. The Morgan fingerprint density at radius 2 is 2.06 bits per heavy atom. The minimum absolute atomic E-state index is 0.221. The number of benzene rings is 2. The van der Waals surface area contributed by atoms with Gasteiger partial charge in [-0.15, -0.1) is 6.58 Å². The van der Waals surface area contributed by atoms with Crippen molar-refractivity contribution in [2.45, 2.75) is 19.8 Å². The predicted octanol–water partition coefficient (Wildman–Crippen LogP) is 5.10. The molecule has 0 atom stereocenters. The minimum atomic E-state index is -1.06. The van der Waals surface area contributed by atoms with Gasteiger partial charge in [-0.05, 0) is 87.6 Å². The topological polar surface area (TPSA) is 88.0 Å². The lowest BCUT2D eigenvalue weighted by atomic mass is 10.1. The van der Waals surface area contributed by atoms with Gasteiger partial charge in [0.05, 0.1) is 15.1 Å². The lowest BCUT2D eigenvalue weighted by Crippen LogP contribution is -2.19. The highest BCUT2D eigenvalue weighted by molar-refractivity contribution is 9.10. The number of hydrogen-bond donors (Lipinski definition) is 2. The van der Waals surface area contributed by atoms with Crippen LogP contribution in [0.15, 0.2) is 63.4 Å². The van der Waals surface area contributed by atoms with E-state index in [4.69, 9.17) is 9.84 Å². The Kier molecular flexibility index (Phi) is 7.70. The molecule has 1 heterocycles. The molecule has 160 valence electrons. The summed E-state index contributed by atoms with van der Waals surface area (Å²) < 4.78 is 6.01. The molecule has 1 saturated heterocycles. The van der Waals surface area contributed by atoms with Crippen LogP contribution in [0.4, 0.5) is 5.69 Å². The maximum absolute atomic E-state index is 12.4. The predicted molar refractivity (Wildman–Crippen MR) is 128 cm³/mol. The van der Waals surface area contributed by atoms with Crippen LogP contribution in [0, 0.1) is 0 Å². The molecule has 2 N–H and O–H groups in total. The standard InChI is InChI=1S/C23H21BrN2O4S/c1-3-5-16-10-15(11-18(24)21(16)30-13-20(27)28)12-19-22(29)26-23(31-19)25-17-8-6-14(4-2)7-9-17/h3,6-12H,1,4-5,13H2,2H3,(H,27,28)(H,25,26,29)/b19-12-. The number of nitrogens with one attached hydrogen (secondary N) is 1. The van der Waals surface area contributed by atoms with E-state index < -0.39 is 12.6 Å². The van der Waals surface area contributed by atoms with E-state index in [-0.39, 0.29) is 5.91 Å². The fraction of sp³-hybridized carbons (Fsp3) is 0.174. The molecule has 1 aliphatic rings. The van der Waals surface area contributed by atoms with Crippen molar-refractivity contribution >= 4 is 56.5 Å². The van der Waals surface area contributed by atoms with E-state index in [1.54, 1.807) is 18.2 Å². The number of ether oxygens (including phenoxy) is 1. The third-order valence-electron chi connectivity index (χ3n) is 4.37. The summed E-state index contributed by atoms with van der Waals surface area (Å²) in [6, 6.07) is 11.5. The van der Waals surface area contributed by atoms with Crippen LogP contribution in [-0.4, -0.2) is 28.8 Å². The van der Waals surface area contributed by atoms with Gasteiger partial charge in [-0.3, -0.25) is 4.79 Å². The SMILES string of the molecule is C=CCc1cc(/C=C2\SC(=Nc3ccc(CC)cc3)NC2=O)cc(Br)c1OCC(=O)O. The molecular weight excluding hydrogens is 480 g/mol. The van der Waals surface area contributed by atoms with E-state index in [0.717, 1.165) is 23.2 Å². The van der Waals surface area contributed by atoms with Crippen LogP contribution >= 0.6 is 27.7 Å². The number of aryl methyl sites for hydroxylation is 1. The van der Waals surface area contributed by atoms with Gasteiger partial charge in [-0.2, -0.15) is 0 Å². The zero-order chi connectivity index (χ0) is 22.4. The van der Waals surface area contributed by atoms with E-state index >= 15 is 0 Å². The molecule has 0 spiro atoms. The highest BCUT2D eigenvalue weighted by Gasteiger charge is 2.24. The van der Waals surface area contributed by atoms with Gasteiger partial charge >= 0.3 is 5.97 Å². The number of halogens is 1. The number of carbonyl (C=O) groups excluding carboxylic acids is 1. The summed E-state index contributed by atoms with van der Waals surface area (Å²) in [7, 11) is 0. The molecule has 0 bridgehead atoms. The lowest BCUT2D eigenvalue weighted by molar-refractivity contribution is -0.139. The number of carboxylic acids is 1. The smallest absolute Gasteiger partial charge is 0.341 e. The molecule has 2 aromatic rings. The molecule has 6 nitrogen and oxygen atoms in total. The third-order valence-corrected chi connectivity index (χ3v) is 5.87. The van der Waals surface area contributed by atoms with Crippen molar-refractivity contribution in [1.29, 1.82) is 0 Å². The van der Waals surface area contributed by atoms with E-state index in [9.17, 15) is 9.59 Å². The summed E-state index contributed by atoms with van der Waals surface area (Å²) in [6.45, 7) is 5.39. The van der Waals surface area contributed by atoms with Gasteiger partial charge in [0.15, 0.2) is 11.8 Å². The summed E-state index contributed by atoms with van der Waals surface area (Å²) in [5.41, 5.74) is 3.55. The molecule has 31 heavy (non-hydrogen) atoms. The summed E-state index contributed by atoms with van der Waals surface area (Å²) in [4.78, 5) is 28.3. The number of thioether (sulfide) groups is 1. The number of hydrogen-bond acceptors (Lipinski definition) is 5. The fourth-order valence-corrected chi connectivity index (χ4v) is 4.39. The van der Waals surface area contributed by atoms with Crippen LogP contribution in [-0.2, 0) is 22.4 Å². The third kappa shape index (κ3) is 6.08. The largest absolute Gasteiger partial charge is 0.480 e. The van der Waals surface area contributed by atoms with Crippen LogP contribution < -0.4 is 10.1 Å². The van der Waals surface area contributed by atoms with Gasteiger partial charge < -0.3 is 15.2 Å². The van der Waals surface area contributed by atoms with Crippen LogP contribution in [0.25, 0.3) is 6.08 Å². The number of amides is 1. The first-order valence-corrected chi connectivity index (χ1v) is 11.2. The zero-order valence-electron chi connectivity index (χ0n) is 16.9. The second-order valence-electron chi connectivity index (χ2n) is 6.67. The Morgan fingerprint density at radius 3 is 2.71 bits per heavy atom. The number of aliphatic carboxylic acids is 1. The summed E-state index contributed by atoms with van der Waals surface area (Å²) in [5, 5.41) is 12.2. The zero-order valence-corrected chi connectivity index (χ0v) is 19.3. The average molecular weight is 501 g/mol. The van der Waals surface area contributed by atoms with Crippen molar-refractivity contribution in [2.24, 2.45) is 4.99 Å². The average Bonchev–Trinajstić information content (AvgIpc) is 3.06. The summed E-state index contributed by atoms with van der Waals surface area (Å²) in [5.74, 6) is -0.829. The van der Waals surface area contributed by atoms with Gasteiger partial charge in [-0.25, -0.2) is 9.79 Å². The molecule has 0 saturated carbocycles. The van der Waals surface area contributed by atoms with Gasteiger partial charge in [0, 0.05) is 0 Å². The molecule has 0 aromatic heterocycles. The van der Waals surface area contributed by atoms with Crippen LogP contribution in [0.2, 0.25) is 0 Å². The Morgan fingerprint density at radius 1 is 1.32 bits per heavy atom. The quantitative estimate of drug-likeness (QED) is 0.389. The van der Waals surface area contributed by atoms with E-state index in [1.807, 2.05) is 30.3 Å². The second kappa shape index (κ2) is 10.5. The van der Waals surface area contributed by atoms with Crippen LogP contribution in [0.5, 0.6) is 5.75 Å². The molecule has 0 aliphatic carbocycles. The van der Waals surface area contributed by atoms with Gasteiger partial charge in [0.25, 0.3) is 5.91 Å². The van der Waals surface area contributed by atoms with Crippen molar-refractivity contribution in [3.05, 3.63) is 75.1 Å². The Hall–Kier alpha value is -2.84. The highest BCUT2D eigenvalue weighted by Crippen LogP contribution is 2.34. The number of aliphatic imine (C=N–C) groups is 1. The fourth-order valence-electron chi connectivity index (χ4n) is 2.91. The van der Waals surface area contributed by atoms with E-state index in [1.165, 1.54) is 17.3 Å². The second-order valence-corrected chi connectivity index (χ2v) is 8.55. The Bertz CT molecular complexity index is 1080. The first-order chi connectivity index (χ1) is 14.9. The molecule has 0 unspecified atom stereocenters. The van der Waals surface area contributed by atoms with Crippen molar-refractivity contribution in [3.63, 3.8) is 0 Å². The van der Waals surface area contributed by atoms with E-state index in [0.29, 0.717) is 26.7 Å². The monoisotopic (exact) mass is 500 g/mol. The van der Waals surface area contributed by atoms with Crippen molar-refractivity contribution in [3.8, 4) is 5.75 Å². The summed E-state index contributed by atoms with van der Waals surface area (Å²) >= 11 is 4.71. The minimum Gasteiger partial charge on any atom is -0.480 e. The highest BCUT2D eigenvalue weighted by atomic mass is 79.9. The molecule has 1 fully saturated rings. The lowest BCUT2D eigenvalue weighted by Gasteiger charge is -2.12. The molecule has 2 aromatic carbocycles. The van der Waals surface area contributed by atoms with E-state index in [2.05, 4.69) is 39.7 Å². The van der Waals surface area contributed by atoms with Gasteiger partial charge in [-0.1, -0.05) is 25.1 Å². The normalized spacial score (nSPS) is 15.9.